The van der Waals surface area contributed by atoms with Crippen molar-refractivity contribution in [3.8, 4) is 0 Å². The Bertz CT molecular complexity index is 233. The van der Waals surface area contributed by atoms with Crippen molar-refractivity contribution >= 4 is 5.71 Å². The molecule has 0 radical (unpaired) electrons. The van der Waals surface area contributed by atoms with Crippen LogP contribution >= 0.6 is 0 Å². The number of piperidine rings is 1. The van der Waals surface area contributed by atoms with E-state index in [0.29, 0.717) is 5.92 Å². The summed E-state index contributed by atoms with van der Waals surface area (Å²) in [6.45, 7) is 8.51. The van der Waals surface area contributed by atoms with E-state index in [4.69, 9.17) is 5.21 Å². The van der Waals surface area contributed by atoms with Crippen LogP contribution in [0.4, 0.5) is 0 Å². The molecule has 4 heteroatoms. The normalized spacial score (nSPS) is 27.2. The molecule has 1 aliphatic heterocycles. The van der Waals surface area contributed by atoms with Crippen molar-refractivity contribution in [3.63, 3.8) is 0 Å². The number of nitrogens with zero attached hydrogens (tertiary/aromatic N) is 2. The van der Waals surface area contributed by atoms with E-state index in [-0.39, 0.29) is 0 Å². The van der Waals surface area contributed by atoms with E-state index in [1.165, 1.54) is 0 Å². The first-order valence-electron chi connectivity index (χ1n) is 5.58. The van der Waals surface area contributed by atoms with Gasteiger partial charge >= 0.3 is 0 Å². The Morgan fingerprint density at radius 3 is 2.67 bits per heavy atom. The molecule has 1 atom stereocenters. The Morgan fingerprint density at radius 2 is 2.20 bits per heavy atom. The van der Waals surface area contributed by atoms with E-state index in [2.05, 4.69) is 17.0 Å². The maximum Gasteiger partial charge on any atom is 0.0624 e. The molecule has 88 valence electrons. The summed E-state index contributed by atoms with van der Waals surface area (Å²) >= 11 is 0. The van der Waals surface area contributed by atoms with Crippen molar-refractivity contribution in [1.29, 1.82) is 0 Å². The van der Waals surface area contributed by atoms with Crippen LogP contribution in [0, 0.1) is 5.92 Å². The molecule has 1 rings (SSSR count). The second-order valence-electron chi connectivity index (χ2n) is 5.11. The second-order valence-corrected chi connectivity index (χ2v) is 5.11. The Kier molecular flexibility index (Phi) is 4.11. The standard InChI is InChI=1S/C11H22N2O2/c1-9-8-13(6-4-10(9)12-15)7-5-11(2,3)14/h9,14-15H,4-8H2,1-3H3. The summed E-state index contributed by atoms with van der Waals surface area (Å²) in [6.07, 6.45) is 1.62. The van der Waals surface area contributed by atoms with Gasteiger partial charge in [0.15, 0.2) is 0 Å². The van der Waals surface area contributed by atoms with Gasteiger partial charge in [0.2, 0.25) is 0 Å². The molecular weight excluding hydrogens is 192 g/mol. The van der Waals surface area contributed by atoms with Gasteiger partial charge in [0, 0.05) is 32.0 Å². The molecule has 15 heavy (non-hydrogen) atoms. The summed E-state index contributed by atoms with van der Waals surface area (Å²) in [5.41, 5.74) is 0.309. The van der Waals surface area contributed by atoms with Gasteiger partial charge in [-0.25, -0.2) is 0 Å². The van der Waals surface area contributed by atoms with Gasteiger partial charge in [-0.15, -0.1) is 0 Å². The Balaban J connectivity index is 2.35. The number of rotatable bonds is 3. The first-order valence-corrected chi connectivity index (χ1v) is 5.58. The van der Waals surface area contributed by atoms with Crippen molar-refractivity contribution in [2.24, 2.45) is 11.1 Å². The largest absolute Gasteiger partial charge is 0.411 e. The van der Waals surface area contributed by atoms with Crippen LogP contribution in [-0.4, -0.2) is 46.2 Å². The number of likely N-dealkylation sites (tertiary alicyclic amines) is 1. The first kappa shape index (κ1) is 12.5. The van der Waals surface area contributed by atoms with Crippen molar-refractivity contribution < 1.29 is 10.3 Å². The fourth-order valence-corrected chi connectivity index (χ4v) is 1.89. The third kappa shape index (κ3) is 4.18. The number of hydrogen-bond acceptors (Lipinski definition) is 4. The van der Waals surface area contributed by atoms with Crippen LogP contribution in [-0.2, 0) is 0 Å². The fourth-order valence-electron chi connectivity index (χ4n) is 1.89. The lowest BCUT2D eigenvalue weighted by atomic mass is 9.96. The molecule has 1 aliphatic rings. The number of aliphatic hydroxyl groups is 1. The van der Waals surface area contributed by atoms with Gasteiger partial charge in [0.25, 0.3) is 0 Å². The lowest BCUT2D eigenvalue weighted by Gasteiger charge is -2.32. The van der Waals surface area contributed by atoms with E-state index >= 15 is 0 Å². The van der Waals surface area contributed by atoms with Crippen LogP contribution in [0.2, 0.25) is 0 Å². The van der Waals surface area contributed by atoms with Crippen LogP contribution < -0.4 is 0 Å². The third-order valence-corrected chi connectivity index (χ3v) is 2.95. The first-order chi connectivity index (χ1) is 6.92. The number of oxime groups is 1. The van der Waals surface area contributed by atoms with E-state index in [1.807, 2.05) is 13.8 Å². The summed E-state index contributed by atoms with van der Waals surface area (Å²) in [7, 11) is 0. The molecular formula is C11H22N2O2. The maximum absolute atomic E-state index is 9.62. The van der Waals surface area contributed by atoms with Crippen molar-refractivity contribution in [2.45, 2.75) is 39.2 Å². The van der Waals surface area contributed by atoms with Crippen molar-refractivity contribution in [1.82, 2.24) is 4.90 Å². The Morgan fingerprint density at radius 1 is 1.53 bits per heavy atom. The van der Waals surface area contributed by atoms with Gasteiger partial charge in [-0.3, -0.25) is 0 Å². The molecule has 0 aromatic rings. The highest BCUT2D eigenvalue weighted by atomic mass is 16.4. The van der Waals surface area contributed by atoms with Crippen LogP contribution in [0.25, 0.3) is 0 Å². The highest BCUT2D eigenvalue weighted by Gasteiger charge is 2.23. The molecule has 0 aromatic heterocycles. The Labute approximate surface area is 91.6 Å². The molecule has 0 spiro atoms. The summed E-state index contributed by atoms with van der Waals surface area (Å²) in [6, 6.07) is 0. The third-order valence-electron chi connectivity index (χ3n) is 2.95. The van der Waals surface area contributed by atoms with E-state index in [9.17, 15) is 5.11 Å². The van der Waals surface area contributed by atoms with E-state index < -0.39 is 5.60 Å². The monoisotopic (exact) mass is 214 g/mol. The van der Waals surface area contributed by atoms with Gasteiger partial charge in [-0.1, -0.05) is 12.1 Å². The van der Waals surface area contributed by atoms with Gasteiger partial charge < -0.3 is 15.2 Å². The SMILES string of the molecule is CC1CN(CCC(C)(C)O)CCC1=NO. The molecule has 1 saturated heterocycles. The predicted molar refractivity (Wildman–Crippen MR) is 60.4 cm³/mol. The summed E-state index contributed by atoms with van der Waals surface area (Å²) < 4.78 is 0. The van der Waals surface area contributed by atoms with Crippen LogP contribution in [0.3, 0.4) is 0 Å². The average Bonchev–Trinajstić information content (AvgIpc) is 2.14. The minimum absolute atomic E-state index is 0.325. The fraction of sp³-hybridized carbons (Fsp3) is 0.909. The zero-order valence-electron chi connectivity index (χ0n) is 9.90. The molecule has 0 aromatic carbocycles. The molecule has 0 saturated carbocycles. The van der Waals surface area contributed by atoms with E-state index in [1.54, 1.807) is 0 Å². The summed E-state index contributed by atoms with van der Waals surface area (Å²) in [5, 5.41) is 21.7. The van der Waals surface area contributed by atoms with Gasteiger partial charge in [0.1, 0.15) is 0 Å². The zero-order chi connectivity index (χ0) is 11.5. The number of hydrogen-bond donors (Lipinski definition) is 2. The molecule has 0 amide bonds. The van der Waals surface area contributed by atoms with Crippen molar-refractivity contribution in [2.75, 3.05) is 19.6 Å². The van der Waals surface area contributed by atoms with Crippen LogP contribution in [0.5, 0.6) is 0 Å². The Hall–Kier alpha value is -0.610. The highest BCUT2D eigenvalue weighted by molar-refractivity contribution is 5.86. The highest BCUT2D eigenvalue weighted by Crippen LogP contribution is 2.16. The van der Waals surface area contributed by atoms with Crippen LogP contribution in [0.1, 0.15) is 33.6 Å². The van der Waals surface area contributed by atoms with Gasteiger partial charge in [-0.05, 0) is 20.3 Å². The maximum atomic E-state index is 9.62. The van der Waals surface area contributed by atoms with Gasteiger partial charge in [-0.2, -0.15) is 0 Å². The predicted octanol–water partition coefficient (Wildman–Crippen LogP) is 1.32. The lowest BCUT2D eigenvalue weighted by molar-refractivity contribution is 0.0558. The smallest absolute Gasteiger partial charge is 0.0624 e. The van der Waals surface area contributed by atoms with Crippen molar-refractivity contribution in [3.05, 3.63) is 0 Å². The van der Waals surface area contributed by atoms with Crippen LogP contribution in [0.15, 0.2) is 5.16 Å². The molecule has 1 heterocycles. The average molecular weight is 214 g/mol. The van der Waals surface area contributed by atoms with E-state index in [0.717, 1.165) is 38.2 Å². The van der Waals surface area contributed by atoms with Gasteiger partial charge in [0.05, 0.1) is 11.3 Å². The molecule has 1 fully saturated rings. The molecule has 1 unspecified atom stereocenters. The zero-order valence-corrected chi connectivity index (χ0v) is 9.90. The molecule has 0 bridgehead atoms. The minimum Gasteiger partial charge on any atom is -0.411 e. The topological polar surface area (TPSA) is 56.1 Å². The molecule has 2 N–H and O–H groups in total. The summed E-state index contributed by atoms with van der Waals surface area (Å²) in [4.78, 5) is 2.32. The summed E-state index contributed by atoms with van der Waals surface area (Å²) in [5.74, 6) is 0.325. The molecule has 0 aliphatic carbocycles. The minimum atomic E-state index is -0.589. The molecule has 4 nitrogen and oxygen atoms in total. The lowest BCUT2D eigenvalue weighted by Crippen LogP contribution is -2.41. The quantitative estimate of drug-likeness (QED) is 0.550. The second kappa shape index (κ2) is 4.94.